The first-order valence-corrected chi connectivity index (χ1v) is 9.93. The molecule has 0 bridgehead atoms. The maximum Gasteiger partial charge on any atom is 1.00 e. The Kier molecular flexibility index (Phi) is 6.86. The molecule has 8 unspecified atom stereocenters. The average molecular weight is 377 g/mol. The first-order valence-electron chi connectivity index (χ1n) is 9.93. The molecule has 0 spiro atoms. The Morgan fingerprint density at radius 3 is 2.17 bits per heavy atom. The molecule has 1 saturated heterocycles. The van der Waals surface area contributed by atoms with E-state index in [1.165, 1.54) is 32.1 Å². The van der Waals surface area contributed by atoms with E-state index in [9.17, 15) is 0 Å². The van der Waals surface area contributed by atoms with Crippen molar-refractivity contribution in [1.82, 2.24) is 0 Å². The molecular weight excluding hydrogens is 339 g/mol. The van der Waals surface area contributed by atoms with Crippen molar-refractivity contribution in [1.29, 1.82) is 0 Å². The van der Waals surface area contributed by atoms with Gasteiger partial charge in [-0.25, -0.2) is 0 Å². The van der Waals surface area contributed by atoms with Crippen LogP contribution in [0.25, 0.3) is 0 Å². The van der Waals surface area contributed by atoms with Crippen molar-refractivity contribution < 1.29 is 56.1 Å². The molecule has 134 valence electrons. The summed E-state index contributed by atoms with van der Waals surface area (Å²) in [6.45, 7) is 14.8. The molecule has 8 atom stereocenters. The Labute approximate surface area is 199 Å². The number of rotatable bonds is 3. The van der Waals surface area contributed by atoms with Gasteiger partial charge in [0.1, 0.15) is 0 Å². The molecule has 0 N–H and O–H groups in total. The van der Waals surface area contributed by atoms with Crippen LogP contribution in [0, 0.1) is 46.8 Å². The van der Waals surface area contributed by atoms with Gasteiger partial charge >= 0.3 is 51.4 Å². The van der Waals surface area contributed by atoms with Crippen molar-refractivity contribution in [2.75, 3.05) is 0 Å². The zero-order valence-electron chi connectivity index (χ0n) is 17.0. The molecule has 1 heterocycles. The van der Waals surface area contributed by atoms with E-state index in [0.717, 1.165) is 41.4 Å². The SMILES string of the molecule is CC(C)C1CC2CC2(C)CC1C1C(C(C)C)CCC2(C)OC12.[K+].[SH-]. The minimum Gasteiger partial charge on any atom is -0.813 e. The van der Waals surface area contributed by atoms with Crippen LogP contribution in [0.5, 0.6) is 0 Å². The second-order valence-corrected chi connectivity index (χ2v) is 10.4. The van der Waals surface area contributed by atoms with Gasteiger partial charge in [0.15, 0.2) is 0 Å². The fourth-order valence-electron chi connectivity index (χ4n) is 6.64. The third-order valence-corrected chi connectivity index (χ3v) is 8.31. The van der Waals surface area contributed by atoms with Crippen LogP contribution in [0.2, 0.25) is 0 Å². The molecule has 3 saturated carbocycles. The van der Waals surface area contributed by atoms with Gasteiger partial charge in [0.25, 0.3) is 0 Å². The van der Waals surface area contributed by atoms with E-state index in [1.807, 2.05) is 0 Å². The number of hydrogen-bond donors (Lipinski definition) is 0. The summed E-state index contributed by atoms with van der Waals surface area (Å²) >= 11 is 0. The number of fused-ring (bicyclic) bond motifs is 2. The third kappa shape index (κ3) is 3.63. The largest absolute Gasteiger partial charge is 1.00 e. The maximum absolute atomic E-state index is 6.32. The average Bonchev–Trinajstić information content (AvgIpc) is 3.28. The minimum absolute atomic E-state index is 0. The van der Waals surface area contributed by atoms with Gasteiger partial charge in [-0.3, -0.25) is 0 Å². The molecule has 0 radical (unpaired) electrons. The summed E-state index contributed by atoms with van der Waals surface area (Å²) < 4.78 is 6.32. The Bertz CT molecular complexity index is 467. The van der Waals surface area contributed by atoms with Gasteiger partial charge in [0.2, 0.25) is 0 Å². The predicted octanol–water partition coefficient (Wildman–Crippen LogP) is 2.27. The number of hydrogen-bond acceptors (Lipinski definition) is 2. The van der Waals surface area contributed by atoms with Crippen LogP contribution in [-0.2, 0) is 18.2 Å². The molecule has 0 aromatic heterocycles. The van der Waals surface area contributed by atoms with Crippen LogP contribution in [0.15, 0.2) is 0 Å². The van der Waals surface area contributed by atoms with E-state index in [-0.39, 0.29) is 70.5 Å². The predicted molar refractivity (Wildman–Crippen MR) is 100 cm³/mol. The van der Waals surface area contributed by atoms with Crippen LogP contribution in [0.3, 0.4) is 0 Å². The third-order valence-electron chi connectivity index (χ3n) is 8.31. The van der Waals surface area contributed by atoms with Gasteiger partial charge < -0.3 is 18.2 Å². The smallest absolute Gasteiger partial charge is 0.813 e. The monoisotopic (exact) mass is 376 g/mol. The van der Waals surface area contributed by atoms with E-state index < -0.39 is 0 Å². The van der Waals surface area contributed by atoms with Gasteiger partial charge in [-0.1, -0.05) is 34.6 Å². The normalized spacial score (nSPS) is 52.0. The second-order valence-electron chi connectivity index (χ2n) is 10.4. The van der Waals surface area contributed by atoms with Crippen molar-refractivity contribution in [2.45, 2.75) is 85.4 Å². The van der Waals surface area contributed by atoms with Gasteiger partial charge in [0.05, 0.1) is 11.7 Å². The van der Waals surface area contributed by atoms with Gasteiger partial charge in [-0.15, -0.1) is 0 Å². The van der Waals surface area contributed by atoms with Crippen molar-refractivity contribution in [3.05, 3.63) is 0 Å². The number of epoxide rings is 1. The Hall–Kier alpha value is 1.95. The molecule has 0 amide bonds. The molecule has 3 aliphatic carbocycles. The van der Waals surface area contributed by atoms with E-state index in [4.69, 9.17) is 4.74 Å². The second kappa shape index (κ2) is 7.41. The number of thiol groups is 1. The van der Waals surface area contributed by atoms with Crippen molar-refractivity contribution >= 4 is 13.5 Å². The molecule has 24 heavy (non-hydrogen) atoms. The first kappa shape index (κ1) is 22.2. The maximum atomic E-state index is 6.32. The van der Waals surface area contributed by atoms with Crippen LogP contribution >= 0.6 is 0 Å². The standard InChI is InChI=1S/C21H36O.K.H2S/c1-12(2)15-7-8-21(6)19(22-21)18(15)17-11-20(5)10-14(20)9-16(17)13(3)4;;/h12-19H,7-11H2,1-6H3;;1H2/q;+1;/p-1. The molecule has 3 heteroatoms. The topological polar surface area (TPSA) is 12.5 Å². The van der Waals surface area contributed by atoms with Crippen LogP contribution in [0.1, 0.15) is 73.6 Å². The Morgan fingerprint density at radius 1 is 0.958 bits per heavy atom. The Balaban J connectivity index is 0.00000104. The van der Waals surface area contributed by atoms with Crippen LogP contribution in [-0.4, -0.2) is 11.7 Å². The van der Waals surface area contributed by atoms with Crippen molar-refractivity contribution in [3.8, 4) is 0 Å². The van der Waals surface area contributed by atoms with E-state index in [1.54, 1.807) is 0 Å². The number of ether oxygens (including phenoxy) is 1. The van der Waals surface area contributed by atoms with Crippen LogP contribution < -0.4 is 51.4 Å². The molecule has 0 aromatic rings. The molecule has 4 rings (SSSR count). The zero-order chi connectivity index (χ0) is 15.9. The van der Waals surface area contributed by atoms with E-state index >= 15 is 0 Å². The molecule has 1 aliphatic heterocycles. The van der Waals surface area contributed by atoms with Gasteiger partial charge in [-0.2, -0.15) is 0 Å². The fourth-order valence-corrected chi connectivity index (χ4v) is 6.64. The quantitative estimate of drug-likeness (QED) is 0.324. The summed E-state index contributed by atoms with van der Waals surface area (Å²) in [5.74, 6) is 6.30. The molecule has 4 aliphatic rings. The van der Waals surface area contributed by atoms with Crippen molar-refractivity contribution in [2.24, 2.45) is 46.8 Å². The zero-order valence-corrected chi connectivity index (χ0v) is 21.0. The Morgan fingerprint density at radius 2 is 1.58 bits per heavy atom. The van der Waals surface area contributed by atoms with Gasteiger partial charge in [0, 0.05) is 0 Å². The fraction of sp³-hybridized carbons (Fsp3) is 1.00. The summed E-state index contributed by atoms with van der Waals surface area (Å²) in [5.41, 5.74) is 0.944. The molecule has 0 aromatic carbocycles. The van der Waals surface area contributed by atoms with Gasteiger partial charge in [-0.05, 0) is 85.9 Å². The molecule has 4 fully saturated rings. The summed E-state index contributed by atoms with van der Waals surface area (Å²) in [6, 6.07) is 0. The summed E-state index contributed by atoms with van der Waals surface area (Å²) in [5, 5.41) is 0. The first-order chi connectivity index (χ1) is 10.3. The molecule has 1 nitrogen and oxygen atoms in total. The van der Waals surface area contributed by atoms with Crippen LogP contribution in [0.4, 0.5) is 0 Å². The van der Waals surface area contributed by atoms with Crippen molar-refractivity contribution in [3.63, 3.8) is 0 Å². The minimum atomic E-state index is 0. The summed E-state index contributed by atoms with van der Waals surface area (Å²) in [6.07, 6.45) is 7.79. The summed E-state index contributed by atoms with van der Waals surface area (Å²) in [4.78, 5) is 0. The summed E-state index contributed by atoms with van der Waals surface area (Å²) in [7, 11) is 0. The van der Waals surface area contributed by atoms with E-state index in [2.05, 4.69) is 41.5 Å². The molecular formula is C21H37KOS. The van der Waals surface area contributed by atoms with E-state index in [0.29, 0.717) is 11.5 Å².